The molecule has 0 aliphatic heterocycles. The Bertz CT molecular complexity index is 437. The summed E-state index contributed by atoms with van der Waals surface area (Å²) in [6.45, 7) is 1.44. The lowest BCUT2D eigenvalue weighted by molar-refractivity contribution is -0.376. The molecule has 1 aromatic rings. The molecule has 0 fully saturated rings. The van der Waals surface area contributed by atoms with Crippen LogP contribution in [0.5, 0.6) is 0 Å². The van der Waals surface area contributed by atoms with Gasteiger partial charge in [-0.05, 0) is 18.6 Å². The van der Waals surface area contributed by atoms with Gasteiger partial charge in [0.15, 0.2) is 0 Å². The molecule has 102 valence electrons. The minimum absolute atomic E-state index is 0.378. The van der Waals surface area contributed by atoms with Gasteiger partial charge in [0.1, 0.15) is 0 Å². The van der Waals surface area contributed by atoms with Gasteiger partial charge in [0.05, 0.1) is 0 Å². The van der Waals surface area contributed by atoms with Gasteiger partial charge in [0.25, 0.3) is 5.60 Å². The molecule has 2 nitrogen and oxygen atoms in total. The molecule has 0 bridgehead atoms. The van der Waals surface area contributed by atoms with Gasteiger partial charge in [0.2, 0.25) is 0 Å². The summed E-state index contributed by atoms with van der Waals surface area (Å²) in [6.07, 6.45) is -11.8. The zero-order valence-corrected chi connectivity index (χ0v) is 9.02. The lowest BCUT2D eigenvalue weighted by Crippen LogP contribution is -2.54. The first-order chi connectivity index (χ1) is 7.91. The molecule has 18 heavy (non-hydrogen) atoms. The van der Waals surface area contributed by atoms with E-state index < -0.39 is 29.2 Å². The number of hydrogen-bond donors (Lipinski definition) is 2. The maximum atomic E-state index is 12.5. The van der Waals surface area contributed by atoms with Crippen molar-refractivity contribution >= 4 is 5.69 Å². The van der Waals surface area contributed by atoms with Crippen LogP contribution in [-0.4, -0.2) is 17.5 Å². The van der Waals surface area contributed by atoms with Gasteiger partial charge in [-0.1, -0.05) is 12.1 Å². The average Bonchev–Trinajstić information content (AvgIpc) is 2.12. The summed E-state index contributed by atoms with van der Waals surface area (Å²) in [4.78, 5) is 0. The average molecular weight is 273 g/mol. The summed E-state index contributed by atoms with van der Waals surface area (Å²) in [7, 11) is 0. The molecule has 0 atom stereocenters. The summed E-state index contributed by atoms with van der Waals surface area (Å²) < 4.78 is 75.2. The number of alkyl halides is 6. The number of hydrogen-bond acceptors (Lipinski definition) is 2. The van der Waals surface area contributed by atoms with Gasteiger partial charge in [-0.3, -0.25) is 0 Å². The summed E-state index contributed by atoms with van der Waals surface area (Å²) >= 11 is 0. The summed E-state index contributed by atoms with van der Waals surface area (Å²) in [6, 6.07) is 2.46. The second kappa shape index (κ2) is 4.04. The molecule has 0 radical (unpaired) electrons. The minimum Gasteiger partial charge on any atom is -0.398 e. The fourth-order valence-electron chi connectivity index (χ4n) is 1.48. The number of benzene rings is 1. The van der Waals surface area contributed by atoms with Crippen molar-refractivity contribution in [2.24, 2.45) is 0 Å². The van der Waals surface area contributed by atoms with Crippen molar-refractivity contribution in [3.63, 3.8) is 0 Å². The Hall–Kier alpha value is -1.44. The van der Waals surface area contributed by atoms with E-state index in [0.29, 0.717) is 11.6 Å². The lowest BCUT2D eigenvalue weighted by atomic mass is 9.90. The molecular formula is C10H9F6NO. The monoisotopic (exact) mass is 273 g/mol. The zero-order chi connectivity index (χ0) is 14.4. The van der Waals surface area contributed by atoms with Crippen LogP contribution >= 0.6 is 0 Å². The van der Waals surface area contributed by atoms with E-state index in [4.69, 9.17) is 10.8 Å². The predicted molar refractivity (Wildman–Crippen MR) is 51.6 cm³/mol. The maximum Gasteiger partial charge on any atom is 0.430 e. The van der Waals surface area contributed by atoms with E-state index in [1.54, 1.807) is 0 Å². The predicted octanol–water partition coefficient (Wildman–Crippen LogP) is 2.89. The number of halogens is 6. The Morgan fingerprint density at radius 2 is 1.44 bits per heavy atom. The summed E-state index contributed by atoms with van der Waals surface area (Å²) in [5.41, 5.74) is -1.65. The molecule has 3 N–H and O–H groups in total. The first-order valence-electron chi connectivity index (χ1n) is 4.63. The first-order valence-corrected chi connectivity index (χ1v) is 4.63. The van der Waals surface area contributed by atoms with Crippen LogP contribution in [0.1, 0.15) is 11.1 Å². The number of aliphatic hydroxyl groups is 1. The van der Waals surface area contributed by atoms with Crippen LogP contribution in [0.25, 0.3) is 0 Å². The second-order valence-electron chi connectivity index (χ2n) is 3.80. The van der Waals surface area contributed by atoms with E-state index in [-0.39, 0.29) is 0 Å². The topological polar surface area (TPSA) is 46.2 Å². The van der Waals surface area contributed by atoms with Crippen LogP contribution < -0.4 is 5.73 Å². The van der Waals surface area contributed by atoms with Crippen molar-refractivity contribution in [1.29, 1.82) is 0 Å². The Balaban J connectivity index is 3.56. The highest BCUT2D eigenvalue weighted by Gasteiger charge is 2.71. The van der Waals surface area contributed by atoms with Crippen LogP contribution in [-0.2, 0) is 5.60 Å². The molecule has 8 heteroatoms. The quantitative estimate of drug-likeness (QED) is 0.610. The molecule has 0 saturated heterocycles. The molecule has 1 aromatic carbocycles. The summed E-state index contributed by atoms with van der Waals surface area (Å²) in [5.74, 6) is 0. The molecule has 0 amide bonds. The van der Waals surface area contributed by atoms with Crippen LogP contribution in [0.2, 0.25) is 0 Å². The Morgan fingerprint density at radius 3 is 1.78 bits per heavy atom. The zero-order valence-electron chi connectivity index (χ0n) is 9.02. The standard InChI is InChI=1S/C10H9F6NO/c1-5-2-3-6(7(17)4-5)8(18,9(11,12)13)10(14,15)16/h2-4,18H,17H2,1H3. The van der Waals surface area contributed by atoms with Gasteiger partial charge in [-0.2, -0.15) is 26.3 Å². The van der Waals surface area contributed by atoms with Crippen LogP contribution in [0.3, 0.4) is 0 Å². The van der Waals surface area contributed by atoms with E-state index >= 15 is 0 Å². The Labute approximate surface area is 98.0 Å². The maximum absolute atomic E-state index is 12.5. The SMILES string of the molecule is Cc1ccc(C(O)(C(F)(F)F)C(F)(F)F)c(N)c1. The van der Waals surface area contributed by atoms with E-state index in [0.717, 1.165) is 12.1 Å². The number of aryl methyl sites for hydroxylation is 1. The third kappa shape index (κ3) is 2.12. The molecule has 0 aliphatic carbocycles. The number of nitrogen functional groups attached to an aromatic ring is 1. The highest BCUT2D eigenvalue weighted by molar-refractivity contribution is 5.53. The Morgan fingerprint density at radius 1 is 1.00 bits per heavy atom. The lowest BCUT2D eigenvalue weighted by Gasteiger charge is -2.33. The number of anilines is 1. The molecular weight excluding hydrogens is 264 g/mol. The number of nitrogens with two attached hydrogens (primary N) is 1. The molecule has 0 saturated carbocycles. The molecule has 1 rings (SSSR count). The highest BCUT2D eigenvalue weighted by Crippen LogP contribution is 2.51. The van der Waals surface area contributed by atoms with Gasteiger partial charge in [0, 0.05) is 11.3 Å². The summed E-state index contributed by atoms with van der Waals surface area (Å²) in [5, 5.41) is 9.10. The van der Waals surface area contributed by atoms with Crippen LogP contribution in [0.15, 0.2) is 18.2 Å². The largest absolute Gasteiger partial charge is 0.430 e. The van der Waals surface area contributed by atoms with Gasteiger partial charge >= 0.3 is 12.4 Å². The minimum atomic E-state index is -5.92. The Kier molecular flexibility index (Phi) is 3.28. The first kappa shape index (κ1) is 14.6. The van der Waals surface area contributed by atoms with Crippen molar-refractivity contribution in [3.8, 4) is 0 Å². The normalized spacial score (nSPS) is 13.8. The fraction of sp³-hybridized carbons (Fsp3) is 0.400. The molecule has 0 aliphatic rings. The van der Waals surface area contributed by atoms with Crippen LogP contribution in [0, 0.1) is 6.92 Å². The smallest absolute Gasteiger partial charge is 0.398 e. The fourth-order valence-corrected chi connectivity index (χ4v) is 1.48. The third-order valence-corrected chi connectivity index (χ3v) is 2.42. The third-order valence-electron chi connectivity index (χ3n) is 2.42. The van der Waals surface area contributed by atoms with E-state index in [9.17, 15) is 26.3 Å². The van der Waals surface area contributed by atoms with Gasteiger partial charge in [-0.15, -0.1) is 0 Å². The molecule has 0 unspecified atom stereocenters. The molecule has 0 spiro atoms. The van der Waals surface area contributed by atoms with E-state index in [2.05, 4.69) is 0 Å². The molecule has 0 aromatic heterocycles. The van der Waals surface area contributed by atoms with Gasteiger partial charge < -0.3 is 10.8 Å². The van der Waals surface area contributed by atoms with Crippen molar-refractivity contribution in [2.45, 2.75) is 24.9 Å². The van der Waals surface area contributed by atoms with Crippen molar-refractivity contribution in [1.82, 2.24) is 0 Å². The van der Waals surface area contributed by atoms with Gasteiger partial charge in [-0.25, -0.2) is 0 Å². The van der Waals surface area contributed by atoms with Crippen molar-refractivity contribution in [3.05, 3.63) is 29.3 Å². The molecule has 0 heterocycles. The highest BCUT2D eigenvalue weighted by atomic mass is 19.4. The second-order valence-corrected chi connectivity index (χ2v) is 3.80. The number of rotatable bonds is 1. The van der Waals surface area contributed by atoms with Crippen molar-refractivity contribution in [2.75, 3.05) is 5.73 Å². The van der Waals surface area contributed by atoms with E-state index in [1.807, 2.05) is 0 Å². The van der Waals surface area contributed by atoms with Crippen molar-refractivity contribution < 1.29 is 31.4 Å². The van der Waals surface area contributed by atoms with Crippen LogP contribution in [0.4, 0.5) is 32.0 Å². The van der Waals surface area contributed by atoms with E-state index in [1.165, 1.54) is 6.92 Å².